The molecule has 0 bridgehead atoms. The van der Waals surface area contributed by atoms with E-state index in [-0.39, 0.29) is 10.5 Å². The summed E-state index contributed by atoms with van der Waals surface area (Å²) in [4.78, 5) is 3.43. The number of aromatic amines is 1. The quantitative estimate of drug-likeness (QED) is 0.259. The van der Waals surface area contributed by atoms with Crippen LogP contribution in [-0.2, 0) is 10.8 Å². The number of H-pyrrole nitrogens is 1. The van der Waals surface area contributed by atoms with Crippen LogP contribution in [0.25, 0.3) is 10.9 Å². The van der Waals surface area contributed by atoms with Gasteiger partial charge in [0.2, 0.25) is 0 Å². The molecule has 2 nitrogen and oxygen atoms in total. The molecule has 172 valence electrons. The number of nitrogens with one attached hydrogen (secondary N) is 1. The fourth-order valence-corrected chi connectivity index (χ4v) is 10.1. The molecule has 0 saturated carbocycles. The van der Waals surface area contributed by atoms with Gasteiger partial charge in [0.15, 0.2) is 0 Å². The van der Waals surface area contributed by atoms with Crippen LogP contribution < -0.4 is 10.4 Å². The number of hydrogen-bond acceptors (Lipinski definition) is 1. The normalized spacial score (nSPS) is 12.9. The van der Waals surface area contributed by atoms with Gasteiger partial charge in [-0.1, -0.05) is 111 Å². The van der Waals surface area contributed by atoms with E-state index in [9.17, 15) is 0 Å². The summed E-state index contributed by atoms with van der Waals surface area (Å²) in [6.07, 6.45) is 3.10. The molecule has 0 aliphatic rings. The van der Waals surface area contributed by atoms with Crippen molar-refractivity contribution in [1.29, 1.82) is 0 Å². The van der Waals surface area contributed by atoms with E-state index < -0.39 is 8.32 Å². The fraction of sp³-hybridized carbons (Fsp3) is 0.310. The van der Waals surface area contributed by atoms with Crippen LogP contribution in [0.4, 0.5) is 0 Å². The van der Waals surface area contributed by atoms with E-state index in [4.69, 9.17) is 4.43 Å². The Kier molecular flexibility index (Phi) is 6.72. The Bertz CT molecular complexity index is 1170. The molecule has 4 rings (SSSR count). The maximum absolute atomic E-state index is 7.24. The van der Waals surface area contributed by atoms with E-state index in [0.717, 1.165) is 10.9 Å². The first-order valence-corrected chi connectivity index (χ1v) is 14.3. The predicted molar refractivity (Wildman–Crippen MR) is 147 cm³/mol. The highest BCUT2D eigenvalue weighted by Gasteiger charge is 2.50. The highest BCUT2D eigenvalue weighted by molar-refractivity contribution is 9.10. The summed E-state index contributed by atoms with van der Waals surface area (Å²) < 4.78 is 8.34. The molecule has 0 unspecified atom stereocenters. The van der Waals surface area contributed by atoms with Crippen LogP contribution >= 0.6 is 15.9 Å². The van der Waals surface area contributed by atoms with E-state index in [1.54, 1.807) is 0 Å². The number of fused-ring (bicyclic) bond motifs is 1. The van der Waals surface area contributed by atoms with Crippen molar-refractivity contribution < 1.29 is 4.43 Å². The molecule has 0 radical (unpaired) electrons. The van der Waals surface area contributed by atoms with Gasteiger partial charge in [-0.25, -0.2) is 0 Å². The van der Waals surface area contributed by atoms with Crippen molar-refractivity contribution in [2.24, 2.45) is 5.41 Å². The summed E-state index contributed by atoms with van der Waals surface area (Å²) in [7, 11) is -2.54. The first-order chi connectivity index (χ1) is 15.6. The van der Waals surface area contributed by atoms with E-state index in [1.165, 1.54) is 26.8 Å². The van der Waals surface area contributed by atoms with Gasteiger partial charge >= 0.3 is 0 Å². The van der Waals surface area contributed by atoms with Crippen molar-refractivity contribution >= 4 is 45.5 Å². The van der Waals surface area contributed by atoms with Crippen molar-refractivity contribution in [1.82, 2.24) is 4.98 Å². The molecule has 4 aromatic rings. The molecule has 0 amide bonds. The average Bonchev–Trinajstić information content (AvgIpc) is 3.16. The largest absolute Gasteiger partial charge is 0.407 e. The number of halogens is 1. The van der Waals surface area contributed by atoms with Crippen molar-refractivity contribution in [2.45, 2.75) is 46.1 Å². The summed E-state index contributed by atoms with van der Waals surface area (Å²) >= 11 is 3.63. The smallest absolute Gasteiger partial charge is 0.261 e. The first kappa shape index (κ1) is 24.0. The molecule has 0 atom stereocenters. The molecule has 0 fully saturated rings. The molecule has 1 N–H and O–H groups in total. The Morgan fingerprint density at radius 3 is 1.94 bits per heavy atom. The number of hydrogen-bond donors (Lipinski definition) is 1. The molecule has 4 heteroatoms. The van der Waals surface area contributed by atoms with E-state index in [2.05, 4.69) is 141 Å². The van der Waals surface area contributed by atoms with E-state index in [0.29, 0.717) is 6.61 Å². The lowest BCUT2D eigenvalue weighted by Gasteiger charge is -2.44. The van der Waals surface area contributed by atoms with Gasteiger partial charge < -0.3 is 9.41 Å². The monoisotopic (exact) mass is 519 g/mol. The summed E-state index contributed by atoms with van der Waals surface area (Å²) in [5, 5.41) is 3.92. The molecule has 1 aromatic heterocycles. The molecule has 0 aliphatic heterocycles. The maximum Gasteiger partial charge on any atom is 0.261 e. The molecule has 0 spiro atoms. The van der Waals surface area contributed by atoms with Crippen LogP contribution in [0.2, 0.25) is 5.04 Å². The minimum atomic E-state index is -2.54. The minimum Gasteiger partial charge on any atom is -0.407 e. The number of aromatic nitrogens is 1. The van der Waals surface area contributed by atoms with Crippen LogP contribution in [0.1, 0.15) is 40.2 Å². The lowest BCUT2D eigenvalue weighted by atomic mass is 9.87. The van der Waals surface area contributed by atoms with Gasteiger partial charge in [0.25, 0.3) is 8.32 Å². The number of rotatable bonds is 7. The lowest BCUT2D eigenvalue weighted by molar-refractivity contribution is 0.170. The highest BCUT2D eigenvalue weighted by atomic mass is 79.9. The molecular formula is C29H34BrNOSi. The van der Waals surface area contributed by atoms with Crippen LogP contribution in [0.3, 0.4) is 0 Å². The zero-order valence-electron chi connectivity index (χ0n) is 20.3. The summed E-state index contributed by atoms with van der Waals surface area (Å²) in [5.41, 5.74) is 2.49. The molecule has 33 heavy (non-hydrogen) atoms. The van der Waals surface area contributed by atoms with Gasteiger partial charge in [-0.3, -0.25) is 0 Å². The SMILES string of the molecule is CC(C)(CO[Si](c1ccccc1)(c1ccccc1)C(C)(C)C)Cc1c[nH]c2ccc(Br)cc12. The van der Waals surface area contributed by atoms with Crippen LogP contribution in [0, 0.1) is 5.41 Å². The second-order valence-electron chi connectivity index (χ2n) is 10.8. The minimum absolute atomic E-state index is 0.0164. The summed E-state index contributed by atoms with van der Waals surface area (Å²) in [6.45, 7) is 12.3. The summed E-state index contributed by atoms with van der Waals surface area (Å²) in [5.74, 6) is 0. The Balaban J connectivity index is 1.70. The molecule has 3 aromatic carbocycles. The zero-order chi connectivity index (χ0) is 23.7. The van der Waals surface area contributed by atoms with E-state index >= 15 is 0 Å². The Hall–Kier alpha value is -2.14. The predicted octanol–water partition coefficient (Wildman–Crippen LogP) is 7.08. The second kappa shape index (κ2) is 9.25. The second-order valence-corrected chi connectivity index (χ2v) is 16.0. The van der Waals surface area contributed by atoms with Crippen LogP contribution in [0.5, 0.6) is 0 Å². The third kappa shape index (κ3) is 4.89. The van der Waals surface area contributed by atoms with Crippen molar-refractivity contribution in [3.8, 4) is 0 Å². The topological polar surface area (TPSA) is 25.0 Å². The highest BCUT2D eigenvalue weighted by Crippen LogP contribution is 2.38. The van der Waals surface area contributed by atoms with Crippen molar-refractivity contribution in [2.75, 3.05) is 6.61 Å². The molecule has 0 aliphatic carbocycles. The van der Waals surface area contributed by atoms with Gasteiger partial charge in [0.1, 0.15) is 0 Å². The Morgan fingerprint density at radius 1 is 0.818 bits per heavy atom. The van der Waals surface area contributed by atoms with Crippen molar-refractivity contribution in [3.63, 3.8) is 0 Å². The first-order valence-electron chi connectivity index (χ1n) is 11.6. The third-order valence-electron chi connectivity index (χ3n) is 6.49. The van der Waals surface area contributed by atoms with Gasteiger partial charge in [-0.15, -0.1) is 0 Å². The number of benzene rings is 3. The average molecular weight is 521 g/mol. The third-order valence-corrected chi connectivity index (χ3v) is 12.0. The van der Waals surface area contributed by atoms with Crippen molar-refractivity contribution in [3.05, 3.63) is 95.1 Å². The molecule has 1 heterocycles. The van der Waals surface area contributed by atoms with Gasteiger partial charge in [0, 0.05) is 28.2 Å². The Morgan fingerprint density at radius 2 is 1.39 bits per heavy atom. The van der Waals surface area contributed by atoms with Crippen LogP contribution in [0.15, 0.2) is 89.5 Å². The Labute approximate surface area is 207 Å². The van der Waals surface area contributed by atoms with Gasteiger partial charge in [0.05, 0.1) is 0 Å². The molecule has 0 saturated heterocycles. The zero-order valence-corrected chi connectivity index (χ0v) is 22.9. The maximum atomic E-state index is 7.24. The summed E-state index contributed by atoms with van der Waals surface area (Å²) in [6, 6.07) is 28.2. The van der Waals surface area contributed by atoms with Crippen LogP contribution in [-0.4, -0.2) is 19.9 Å². The van der Waals surface area contributed by atoms with E-state index in [1.807, 2.05) is 0 Å². The lowest BCUT2D eigenvalue weighted by Crippen LogP contribution is -2.67. The molecular weight excluding hydrogens is 486 g/mol. The van der Waals surface area contributed by atoms with Gasteiger partial charge in [-0.2, -0.15) is 0 Å². The fourth-order valence-electron chi connectivity index (χ4n) is 4.93. The van der Waals surface area contributed by atoms with Gasteiger partial charge in [-0.05, 0) is 51.0 Å². The standard InChI is InChI=1S/C29H34BrNOSi/c1-28(2,3)33(24-12-8-6-9-13-24,25-14-10-7-11-15-25)32-21-29(4,5)19-22-20-31-27-17-16-23(30)18-26(22)27/h6-18,20,31H,19,21H2,1-5H3.